The fourth-order valence-corrected chi connectivity index (χ4v) is 3.25. The summed E-state index contributed by atoms with van der Waals surface area (Å²) in [4.78, 5) is 22.2. The Kier molecular flexibility index (Phi) is 4.06. The Morgan fingerprint density at radius 1 is 1.38 bits per heavy atom. The van der Waals surface area contributed by atoms with Crippen molar-refractivity contribution in [3.05, 3.63) is 64.0 Å². The minimum Gasteiger partial charge on any atom is -0.444 e. The van der Waals surface area contributed by atoms with Gasteiger partial charge in [0.15, 0.2) is 0 Å². The van der Waals surface area contributed by atoms with Gasteiger partial charge in [0.2, 0.25) is 0 Å². The largest absolute Gasteiger partial charge is 0.444 e. The highest BCUT2D eigenvalue weighted by Crippen LogP contribution is 2.32. The van der Waals surface area contributed by atoms with Crippen molar-refractivity contribution < 1.29 is 13.9 Å². The highest BCUT2D eigenvalue weighted by atomic mass is 19.1. The summed E-state index contributed by atoms with van der Waals surface area (Å²) in [5.74, 6) is -0.415. The van der Waals surface area contributed by atoms with Crippen LogP contribution >= 0.6 is 0 Å². The molecule has 1 atom stereocenters. The SMILES string of the molecule is [N-]=[N+]=NCC1CN(c2ccc(N3Cc4cccnc4C3)c(F)c2)C(=O)O1. The molecule has 26 heavy (non-hydrogen) atoms. The number of carbonyl (C=O) groups excluding carboxylic acids is 1. The number of pyridine rings is 1. The van der Waals surface area contributed by atoms with E-state index >= 15 is 0 Å². The van der Waals surface area contributed by atoms with E-state index in [1.54, 1.807) is 18.3 Å². The van der Waals surface area contributed by atoms with Crippen LogP contribution in [-0.2, 0) is 17.8 Å². The van der Waals surface area contributed by atoms with E-state index in [-0.39, 0.29) is 13.1 Å². The summed E-state index contributed by atoms with van der Waals surface area (Å²) in [6.45, 7) is 1.42. The van der Waals surface area contributed by atoms with Gasteiger partial charge < -0.3 is 9.64 Å². The number of anilines is 2. The van der Waals surface area contributed by atoms with Crippen LogP contribution in [0.25, 0.3) is 10.4 Å². The van der Waals surface area contributed by atoms with Gasteiger partial charge >= 0.3 is 6.09 Å². The average molecular weight is 354 g/mol. The molecule has 1 fully saturated rings. The van der Waals surface area contributed by atoms with E-state index in [2.05, 4.69) is 15.0 Å². The van der Waals surface area contributed by atoms with Gasteiger partial charge in [-0.2, -0.15) is 0 Å². The van der Waals surface area contributed by atoms with Gasteiger partial charge in [-0.25, -0.2) is 9.18 Å². The molecule has 1 aromatic heterocycles. The first kappa shape index (κ1) is 16.2. The average Bonchev–Trinajstić information content (AvgIpc) is 3.23. The van der Waals surface area contributed by atoms with Crippen molar-refractivity contribution in [1.29, 1.82) is 0 Å². The third-order valence-electron chi connectivity index (χ3n) is 4.49. The van der Waals surface area contributed by atoms with Gasteiger partial charge in [0.25, 0.3) is 0 Å². The minimum atomic E-state index is -0.576. The Hall–Kier alpha value is -3.32. The van der Waals surface area contributed by atoms with Crippen LogP contribution in [0, 0.1) is 5.82 Å². The Labute approximate surface area is 148 Å². The number of amides is 1. The lowest BCUT2D eigenvalue weighted by atomic mass is 10.2. The molecule has 2 aliphatic rings. The van der Waals surface area contributed by atoms with Crippen molar-refractivity contribution in [2.75, 3.05) is 22.9 Å². The van der Waals surface area contributed by atoms with Gasteiger partial charge in [0.1, 0.15) is 11.9 Å². The normalized spacial score (nSPS) is 18.5. The monoisotopic (exact) mass is 354 g/mol. The number of aromatic nitrogens is 1. The number of fused-ring (bicyclic) bond motifs is 1. The maximum atomic E-state index is 14.7. The number of benzene rings is 1. The van der Waals surface area contributed by atoms with Gasteiger partial charge in [-0.15, -0.1) is 0 Å². The molecule has 0 spiro atoms. The summed E-state index contributed by atoms with van der Waals surface area (Å²) in [6.07, 6.45) is 0.626. The Balaban J connectivity index is 1.52. The second-order valence-corrected chi connectivity index (χ2v) is 6.13. The topological polar surface area (TPSA) is 94.4 Å². The van der Waals surface area contributed by atoms with Gasteiger partial charge in [-0.3, -0.25) is 9.88 Å². The van der Waals surface area contributed by atoms with Gasteiger partial charge in [-0.05, 0) is 35.4 Å². The minimum absolute atomic E-state index is 0.0539. The third-order valence-corrected chi connectivity index (χ3v) is 4.49. The number of azide groups is 1. The lowest BCUT2D eigenvalue weighted by Gasteiger charge is -2.20. The van der Waals surface area contributed by atoms with Crippen LogP contribution in [-0.4, -0.2) is 30.3 Å². The molecule has 0 bridgehead atoms. The Morgan fingerprint density at radius 3 is 3.04 bits per heavy atom. The highest BCUT2D eigenvalue weighted by molar-refractivity contribution is 5.90. The lowest BCUT2D eigenvalue weighted by molar-refractivity contribution is 0.145. The van der Waals surface area contributed by atoms with Gasteiger partial charge in [0, 0.05) is 17.7 Å². The third kappa shape index (κ3) is 2.89. The zero-order valence-electron chi connectivity index (χ0n) is 13.7. The van der Waals surface area contributed by atoms with E-state index in [1.807, 2.05) is 17.0 Å². The number of halogens is 1. The van der Waals surface area contributed by atoms with Crippen molar-refractivity contribution in [3.8, 4) is 0 Å². The molecular weight excluding hydrogens is 339 g/mol. The molecule has 132 valence electrons. The Morgan fingerprint density at radius 2 is 2.27 bits per heavy atom. The fraction of sp³-hybridized carbons (Fsp3) is 0.294. The maximum absolute atomic E-state index is 14.7. The Bertz CT molecular complexity index is 889. The van der Waals surface area contributed by atoms with Crippen LogP contribution in [0.4, 0.5) is 20.6 Å². The molecule has 0 saturated carbocycles. The first-order chi connectivity index (χ1) is 12.7. The quantitative estimate of drug-likeness (QED) is 0.478. The zero-order chi connectivity index (χ0) is 18.1. The smallest absolute Gasteiger partial charge is 0.414 e. The van der Waals surface area contributed by atoms with E-state index in [1.165, 1.54) is 11.0 Å². The van der Waals surface area contributed by atoms with E-state index in [4.69, 9.17) is 10.3 Å². The van der Waals surface area contributed by atoms with Crippen molar-refractivity contribution in [3.63, 3.8) is 0 Å². The lowest BCUT2D eigenvalue weighted by Crippen LogP contribution is -2.25. The van der Waals surface area contributed by atoms with Crippen molar-refractivity contribution in [2.45, 2.75) is 19.2 Å². The molecule has 1 unspecified atom stereocenters. The van der Waals surface area contributed by atoms with Crippen LogP contribution in [0.1, 0.15) is 11.3 Å². The second-order valence-electron chi connectivity index (χ2n) is 6.13. The second kappa shape index (κ2) is 6.53. The van der Waals surface area contributed by atoms with Crippen LogP contribution in [0.5, 0.6) is 0 Å². The molecule has 9 heteroatoms. The van der Waals surface area contributed by atoms with Crippen LogP contribution in [0.3, 0.4) is 0 Å². The number of cyclic esters (lactones) is 1. The fourth-order valence-electron chi connectivity index (χ4n) is 3.25. The van der Waals surface area contributed by atoms with Gasteiger partial charge in [0.05, 0.1) is 36.7 Å². The molecule has 2 aromatic rings. The number of carbonyl (C=O) groups is 1. The molecule has 0 aliphatic carbocycles. The van der Waals surface area contributed by atoms with Crippen LogP contribution < -0.4 is 9.80 Å². The molecule has 2 aliphatic heterocycles. The molecular formula is C17H15FN6O2. The predicted octanol–water partition coefficient (Wildman–Crippen LogP) is 3.38. The highest BCUT2D eigenvalue weighted by Gasteiger charge is 2.32. The number of rotatable bonds is 4. The summed E-state index contributed by atoms with van der Waals surface area (Å²) in [5, 5.41) is 3.41. The number of hydrogen-bond donors (Lipinski definition) is 0. The molecule has 3 heterocycles. The summed E-state index contributed by atoms with van der Waals surface area (Å²) >= 11 is 0. The molecule has 4 rings (SSSR count). The van der Waals surface area contributed by atoms with Crippen molar-refractivity contribution in [1.82, 2.24) is 4.98 Å². The van der Waals surface area contributed by atoms with E-state index < -0.39 is 18.0 Å². The number of hydrogen-bond acceptors (Lipinski definition) is 5. The molecule has 1 saturated heterocycles. The zero-order valence-corrected chi connectivity index (χ0v) is 13.7. The number of nitrogens with zero attached hydrogens (tertiary/aromatic N) is 6. The summed E-state index contributed by atoms with van der Waals surface area (Å²) in [6, 6.07) is 8.52. The molecule has 1 aromatic carbocycles. The van der Waals surface area contributed by atoms with Crippen LogP contribution in [0.15, 0.2) is 41.6 Å². The summed E-state index contributed by atoms with van der Waals surface area (Å²) in [5.41, 5.74) is 11.3. The van der Waals surface area contributed by atoms with E-state index in [0.29, 0.717) is 24.5 Å². The molecule has 8 nitrogen and oxygen atoms in total. The van der Waals surface area contributed by atoms with Crippen molar-refractivity contribution in [2.24, 2.45) is 5.11 Å². The number of ether oxygens (including phenoxy) is 1. The maximum Gasteiger partial charge on any atom is 0.414 e. The first-order valence-electron chi connectivity index (χ1n) is 8.12. The molecule has 1 amide bonds. The molecule has 0 N–H and O–H groups in total. The van der Waals surface area contributed by atoms with Crippen molar-refractivity contribution >= 4 is 17.5 Å². The summed E-state index contributed by atoms with van der Waals surface area (Å²) in [7, 11) is 0. The van der Waals surface area contributed by atoms with Crippen LogP contribution in [0.2, 0.25) is 0 Å². The first-order valence-corrected chi connectivity index (χ1v) is 8.12. The predicted molar refractivity (Wildman–Crippen MR) is 92.2 cm³/mol. The molecule has 0 radical (unpaired) electrons. The van der Waals surface area contributed by atoms with E-state index in [9.17, 15) is 9.18 Å². The standard InChI is InChI=1S/C17H15FN6O2/c18-14-6-12(24-9-13(7-21-22-19)26-17(24)25)3-4-16(14)23-8-11-2-1-5-20-15(11)10-23/h1-6,13H,7-10H2. The summed E-state index contributed by atoms with van der Waals surface area (Å²) < 4.78 is 19.8. The van der Waals surface area contributed by atoms with E-state index in [0.717, 1.165) is 11.3 Å². The van der Waals surface area contributed by atoms with Gasteiger partial charge in [-0.1, -0.05) is 11.2 Å².